The first kappa shape index (κ1) is 35.4. The van der Waals surface area contributed by atoms with Gasteiger partial charge in [-0.2, -0.15) is 0 Å². The van der Waals surface area contributed by atoms with Gasteiger partial charge in [-0.25, -0.2) is 0 Å². The Labute approximate surface area is 309 Å². The van der Waals surface area contributed by atoms with Crippen LogP contribution in [0.25, 0.3) is 0 Å². The molecule has 2 nitrogen and oxygen atoms in total. The Bertz CT molecular complexity index is 1050. The Hall–Kier alpha value is -0.340. The van der Waals surface area contributed by atoms with E-state index in [4.69, 9.17) is 0 Å². The van der Waals surface area contributed by atoms with E-state index in [1.807, 2.05) is 0 Å². The second kappa shape index (κ2) is 16.6. The smallest absolute Gasteiger partial charge is 0.0173 e. The molecule has 0 aromatic rings. The fraction of sp³-hybridized carbons (Fsp3) is 0.958. The molecule has 50 heavy (non-hydrogen) atoms. The van der Waals surface area contributed by atoms with Crippen LogP contribution in [0.15, 0.2) is 12.2 Å². The van der Waals surface area contributed by atoms with Gasteiger partial charge in [0.1, 0.15) is 0 Å². The summed E-state index contributed by atoms with van der Waals surface area (Å²) < 4.78 is 0. The summed E-state index contributed by atoms with van der Waals surface area (Å²) in [6.45, 7) is 0. The third-order valence-corrected chi connectivity index (χ3v) is 18.3. The van der Waals surface area contributed by atoms with Gasteiger partial charge in [0, 0.05) is 30.2 Å². The Morgan fingerprint density at radius 1 is 0.380 bits per heavy atom. The average molecular weight is 685 g/mol. The summed E-state index contributed by atoms with van der Waals surface area (Å²) in [7, 11) is 0. The molecular weight excluding hydrogens is 605 g/mol. The predicted molar refractivity (Wildman–Crippen MR) is 211 cm³/mol. The molecule has 8 aliphatic carbocycles. The second-order valence-corrected chi connectivity index (χ2v) is 20.8. The highest BCUT2D eigenvalue weighted by molar-refractivity contribution is 5.16. The number of likely N-dealkylation sites (tertiary alicyclic amines) is 1. The quantitative estimate of drug-likeness (QED) is 0.269. The SMILES string of the molecule is C1=CC2C3CCCCC3N(C3CCCCC3)C2CC1C1CCC(C2CCCCC2NC2CC(C3CCCCC3)CC(C3CCCCC3)C2)CC1. The molecule has 9 rings (SSSR count). The predicted octanol–water partition coefficient (Wildman–Crippen LogP) is 12.7. The fourth-order valence-corrected chi connectivity index (χ4v) is 15.9. The minimum Gasteiger partial charge on any atom is -0.311 e. The number of hydrogen-bond donors (Lipinski definition) is 1. The number of rotatable bonds is 7. The van der Waals surface area contributed by atoms with Gasteiger partial charge in [0.05, 0.1) is 0 Å². The summed E-state index contributed by atoms with van der Waals surface area (Å²) in [5, 5.41) is 4.59. The lowest BCUT2D eigenvalue weighted by molar-refractivity contribution is 0.0530. The Balaban J connectivity index is 0.830. The molecule has 1 heterocycles. The molecule has 0 aromatic carbocycles. The van der Waals surface area contributed by atoms with E-state index in [0.29, 0.717) is 0 Å². The summed E-state index contributed by atoms with van der Waals surface area (Å²) in [4.78, 5) is 3.23. The van der Waals surface area contributed by atoms with E-state index in [9.17, 15) is 0 Å². The van der Waals surface area contributed by atoms with Crippen molar-refractivity contribution in [3.8, 4) is 0 Å². The minimum absolute atomic E-state index is 0.826. The standard InChI is InChI=1S/C48H80N2/c1-4-14-34(15-5-1)39-30-40(35-16-6-2-7-17-35)32-41(31-39)49-46-22-12-10-20-43(46)37-26-24-36(25-27-37)38-28-29-45-44-21-11-13-23-47(44)50(48(45)33-38)42-18-8-3-9-19-42/h28-29,34-49H,1-27,30-33H2. The van der Waals surface area contributed by atoms with Crippen LogP contribution in [0.3, 0.4) is 0 Å². The number of hydrogen-bond acceptors (Lipinski definition) is 2. The van der Waals surface area contributed by atoms with E-state index in [2.05, 4.69) is 22.4 Å². The molecule has 1 aliphatic heterocycles. The highest BCUT2D eigenvalue weighted by atomic mass is 15.3. The van der Waals surface area contributed by atoms with E-state index in [1.165, 1.54) is 154 Å². The van der Waals surface area contributed by atoms with Crippen LogP contribution in [0.2, 0.25) is 0 Å². The maximum absolute atomic E-state index is 4.59. The van der Waals surface area contributed by atoms with Crippen LogP contribution >= 0.6 is 0 Å². The highest BCUT2D eigenvalue weighted by Gasteiger charge is 2.52. The first-order chi connectivity index (χ1) is 24.8. The summed E-state index contributed by atoms with van der Waals surface area (Å²) in [6.07, 6.45) is 52.9. The van der Waals surface area contributed by atoms with Crippen molar-refractivity contribution in [3.63, 3.8) is 0 Å². The van der Waals surface area contributed by atoms with Gasteiger partial charge in [0.15, 0.2) is 0 Å². The molecule has 2 heteroatoms. The van der Waals surface area contributed by atoms with E-state index in [-0.39, 0.29) is 0 Å². The molecule has 0 radical (unpaired) electrons. The molecular formula is C48H80N2. The molecule has 9 aliphatic rings. The summed E-state index contributed by atoms with van der Waals surface area (Å²) >= 11 is 0. The van der Waals surface area contributed by atoms with Crippen LogP contribution in [0, 0.1) is 59.2 Å². The Morgan fingerprint density at radius 2 is 0.940 bits per heavy atom. The zero-order chi connectivity index (χ0) is 33.3. The first-order valence-electron chi connectivity index (χ1n) is 24.0. The van der Waals surface area contributed by atoms with Crippen molar-refractivity contribution >= 4 is 0 Å². The van der Waals surface area contributed by atoms with Gasteiger partial charge in [0.2, 0.25) is 0 Å². The van der Waals surface area contributed by atoms with Crippen LogP contribution in [0.4, 0.5) is 0 Å². The van der Waals surface area contributed by atoms with Gasteiger partial charge in [0.25, 0.3) is 0 Å². The summed E-state index contributed by atoms with van der Waals surface area (Å²) in [5.41, 5.74) is 0. The van der Waals surface area contributed by atoms with Crippen molar-refractivity contribution in [3.05, 3.63) is 12.2 Å². The van der Waals surface area contributed by atoms with E-state index in [1.54, 1.807) is 44.9 Å². The largest absolute Gasteiger partial charge is 0.311 e. The van der Waals surface area contributed by atoms with E-state index >= 15 is 0 Å². The van der Waals surface area contributed by atoms with E-state index in [0.717, 1.165) is 89.4 Å². The van der Waals surface area contributed by atoms with Gasteiger partial charge in [-0.1, -0.05) is 121 Å². The topological polar surface area (TPSA) is 15.3 Å². The zero-order valence-electron chi connectivity index (χ0n) is 32.7. The molecule has 9 unspecified atom stereocenters. The molecule has 0 aromatic heterocycles. The maximum atomic E-state index is 4.59. The van der Waals surface area contributed by atoms with Gasteiger partial charge < -0.3 is 5.32 Å². The highest BCUT2D eigenvalue weighted by Crippen LogP contribution is 2.53. The van der Waals surface area contributed by atoms with Crippen LogP contribution in [-0.4, -0.2) is 35.1 Å². The maximum Gasteiger partial charge on any atom is 0.0173 e. The Morgan fingerprint density at radius 3 is 1.62 bits per heavy atom. The van der Waals surface area contributed by atoms with Crippen LogP contribution < -0.4 is 5.32 Å². The molecule has 1 saturated heterocycles. The van der Waals surface area contributed by atoms with Crippen molar-refractivity contribution in [1.29, 1.82) is 0 Å². The zero-order valence-corrected chi connectivity index (χ0v) is 32.7. The molecule has 0 amide bonds. The third kappa shape index (κ3) is 7.62. The number of allylic oxidation sites excluding steroid dienone is 1. The molecule has 9 atom stereocenters. The van der Waals surface area contributed by atoms with Crippen LogP contribution in [-0.2, 0) is 0 Å². The molecule has 0 bridgehead atoms. The van der Waals surface area contributed by atoms with Gasteiger partial charge in [-0.05, 0) is 149 Å². The van der Waals surface area contributed by atoms with Crippen molar-refractivity contribution in [2.45, 2.75) is 229 Å². The molecule has 0 spiro atoms. The molecule has 8 fully saturated rings. The lowest BCUT2D eigenvalue weighted by Gasteiger charge is -2.47. The first-order valence-corrected chi connectivity index (χ1v) is 24.0. The lowest BCUT2D eigenvalue weighted by Crippen LogP contribution is -2.51. The van der Waals surface area contributed by atoms with Gasteiger partial charge in [-0.15, -0.1) is 0 Å². The molecule has 1 N–H and O–H groups in total. The average Bonchev–Trinajstić information content (AvgIpc) is 3.53. The summed E-state index contributed by atoms with van der Waals surface area (Å²) in [6, 6.07) is 4.39. The molecule has 7 saturated carbocycles. The van der Waals surface area contributed by atoms with E-state index < -0.39 is 0 Å². The van der Waals surface area contributed by atoms with Crippen molar-refractivity contribution in [2.75, 3.05) is 0 Å². The second-order valence-electron chi connectivity index (χ2n) is 20.8. The van der Waals surface area contributed by atoms with Crippen molar-refractivity contribution in [2.24, 2.45) is 59.2 Å². The van der Waals surface area contributed by atoms with Crippen LogP contribution in [0.1, 0.15) is 199 Å². The fourth-order valence-electron chi connectivity index (χ4n) is 15.9. The lowest BCUT2D eigenvalue weighted by atomic mass is 9.63. The minimum atomic E-state index is 0.826. The van der Waals surface area contributed by atoms with Gasteiger partial charge in [-0.3, -0.25) is 4.90 Å². The number of nitrogens with zero attached hydrogens (tertiary/aromatic N) is 1. The van der Waals surface area contributed by atoms with Crippen molar-refractivity contribution < 1.29 is 0 Å². The van der Waals surface area contributed by atoms with Crippen LogP contribution in [0.5, 0.6) is 0 Å². The number of fused-ring (bicyclic) bond motifs is 3. The van der Waals surface area contributed by atoms with Crippen molar-refractivity contribution in [1.82, 2.24) is 10.2 Å². The number of nitrogens with one attached hydrogen (secondary N) is 1. The third-order valence-electron chi connectivity index (χ3n) is 18.3. The normalized spacial score (nSPS) is 46.0. The summed E-state index contributed by atoms with van der Waals surface area (Å²) in [5.74, 6) is 9.88. The molecule has 282 valence electrons. The Kier molecular flexibility index (Phi) is 11.7. The van der Waals surface area contributed by atoms with Gasteiger partial charge >= 0.3 is 0 Å². The monoisotopic (exact) mass is 685 g/mol.